The van der Waals surface area contributed by atoms with E-state index >= 15 is 0 Å². The summed E-state index contributed by atoms with van der Waals surface area (Å²) < 4.78 is 5.14. The standard InChI is InChI=1S/C21H21ClN2O4/c1-14(25)23(12-11-15-3-9-18(28-2)10-4-15)19-13-20(26)24(21(19)27)17-7-5-16(22)6-8-17/h3-10,19H,11-13H2,1-2H3. The molecule has 0 aromatic heterocycles. The highest BCUT2D eigenvalue weighted by atomic mass is 35.5. The number of carbonyl (C=O) groups is 3. The normalized spacial score (nSPS) is 16.4. The molecular weight excluding hydrogens is 380 g/mol. The van der Waals surface area contributed by atoms with Gasteiger partial charge in [0, 0.05) is 18.5 Å². The van der Waals surface area contributed by atoms with Crippen LogP contribution in [0.5, 0.6) is 5.75 Å². The van der Waals surface area contributed by atoms with E-state index in [1.54, 1.807) is 31.4 Å². The maximum Gasteiger partial charge on any atom is 0.257 e. The molecule has 1 aliphatic heterocycles. The molecule has 2 aromatic rings. The Balaban J connectivity index is 1.74. The average molecular weight is 401 g/mol. The van der Waals surface area contributed by atoms with Gasteiger partial charge in [-0.15, -0.1) is 0 Å². The summed E-state index contributed by atoms with van der Waals surface area (Å²) in [4.78, 5) is 40.2. The predicted octanol–water partition coefficient (Wildman–Crippen LogP) is 3.07. The molecule has 1 unspecified atom stereocenters. The van der Waals surface area contributed by atoms with Crippen molar-refractivity contribution in [3.63, 3.8) is 0 Å². The zero-order valence-corrected chi connectivity index (χ0v) is 16.5. The smallest absolute Gasteiger partial charge is 0.257 e. The molecule has 3 rings (SSSR count). The number of methoxy groups -OCH3 is 1. The van der Waals surface area contributed by atoms with E-state index < -0.39 is 11.9 Å². The van der Waals surface area contributed by atoms with E-state index in [1.165, 1.54) is 11.8 Å². The van der Waals surface area contributed by atoms with Crippen molar-refractivity contribution in [2.24, 2.45) is 0 Å². The Labute approximate surface area is 168 Å². The second-order valence-corrected chi connectivity index (χ2v) is 7.01. The summed E-state index contributed by atoms with van der Waals surface area (Å²) in [7, 11) is 1.60. The van der Waals surface area contributed by atoms with E-state index in [1.807, 2.05) is 24.3 Å². The highest BCUT2D eigenvalue weighted by Gasteiger charge is 2.43. The predicted molar refractivity (Wildman–Crippen MR) is 106 cm³/mol. The first kappa shape index (κ1) is 19.9. The van der Waals surface area contributed by atoms with Crippen LogP contribution in [0.4, 0.5) is 5.69 Å². The van der Waals surface area contributed by atoms with Crippen molar-refractivity contribution >= 4 is 35.0 Å². The molecule has 0 radical (unpaired) electrons. The number of halogens is 1. The number of hydrogen-bond acceptors (Lipinski definition) is 4. The number of carbonyl (C=O) groups excluding carboxylic acids is 3. The van der Waals surface area contributed by atoms with Gasteiger partial charge in [-0.2, -0.15) is 0 Å². The topological polar surface area (TPSA) is 66.9 Å². The van der Waals surface area contributed by atoms with Gasteiger partial charge in [-0.3, -0.25) is 14.4 Å². The summed E-state index contributed by atoms with van der Waals surface area (Å²) in [5.41, 5.74) is 1.47. The van der Waals surface area contributed by atoms with Crippen molar-refractivity contribution in [2.45, 2.75) is 25.8 Å². The van der Waals surface area contributed by atoms with Crippen LogP contribution in [0.3, 0.4) is 0 Å². The van der Waals surface area contributed by atoms with E-state index in [4.69, 9.17) is 16.3 Å². The molecule has 1 heterocycles. The minimum absolute atomic E-state index is 0.0242. The number of anilines is 1. The molecule has 0 saturated carbocycles. The molecule has 7 heteroatoms. The van der Waals surface area contributed by atoms with Gasteiger partial charge in [-0.1, -0.05) is 23.7 Å². The van der Waals surface area contributed by atoms with Crippen LogP contribution in [0.1, 0.15) is 18.9 Å². The van der Waals surface area contributed by atoms with Crippen molar-refractivity contribution in [2.75, 3.05) is 18.6 Å². The van der Waals surface area contributed by atoms with Crippen LogP contribution < -0.4 is 9.64 Å². The van der Waals surface area contributed by atoms with Gasteiger partial charge in [0.25, 0.3) is 5.91 Å². The summed E-state index contributed by atoms with van der Waals surface area (Å²) in [6, 6.07) is 13.2. The summed E-state index contributed by atoms with van der Waals surface area (Å²) in [5, 5.41) is 0.518. The van der Waals surface area contributed by atoms with Crippen molar-refractivity contribution in [3.05, 3.63) is 59.1 Å². The highest BCUT2D eigenvalue weighted by molar-refractivity contribution is 6.30. The lowest BCUT2D eigenvalue weighted by molar-refractivity contribution is -0.136. The minimum atomic E-state index is -0.793. The molecule has 1 aliphatic rings. The second-order valence-electron chi connectivity index (χ2n) is 6.57. The average Bonchev–Trinajstić information content (AvgIpc) is 2.97. The minimum Gasteiger partial charge on any atom is -0.497 e. The Hall–Kier alpha value is -2.86. The second kappa shape index (κ2) is 8.44. The van der Waals surface area contributed by atoms with Gasteiger partial charge >= 0.3 is 0 Å². The van der Waals surface area contributed by atoms with E-state index in [2.05, 4.69) is 0 Å². The summed E-state index contributed by atoms with van der Waals surface area (Å²) >= 11 is 5.88. The van der Waals surface area contributed by atoms with Crippen LogP contribution in [0.15, 0.2) is 48.5 Å². The molecule has 146 valence electrons. The van der Waals surface area contributed by atoms with Crippen LogP contribution in [0.2, 0.25) is 5.02 Å². The molecule has 0 N–H and O–H groups in total. The molecule has 28 heavy (non-hydrogen) atoms. The molecular formula is C21H21ClN2O4. The first-order valence-corrected chi connectivity index (χ1v) is 9.31. The Morgan fingerprint density at radius 2 is 1.79 bits per heavy atom. The van der Waals surface area contributed by atoms with Gasteiger partial charge in [-0.05, 0) is 48.4 Å². The van der Waals surface area contributed by atoms with Crippen molar-refractivity contribution in [1.29, 1.82) is 0 Å². The number of benzene rings is 2. The fourth-order valence-corrected chi connectivity index (χ4v) is 3.42. The van der Waals surface area contributed by atoms with Crippen molar-refractivity contribution < 1.29 is 19.1 Å². The van der Waals surface area contributed by atoms with E-state index in [-0.39, 0.29) is 18.2 Å². The first-order chi connectivity index (χ1) is 13.4. The third-order valence-electron chi connectivity index (χ3n) is 4.79. The number of hydrogen-bond donors (Lipinski definition) is 0. The van der Waals surface area contributed by atoms with Gasteiger partial charge in [0.05, 0.1) is 19.2 Å². The fraction of sp³-hybridized carbons (Fsp3) is 0.286. The third-order valence-corrected chi connectivity index (χ3v) is 5.04. The Bertz CT molecular complexity index is 880. The molecule has 2 aromatic carbocycles. The molecule has 0 bridgehead atoms. The molecule has 1 fully saturated rings. The largest absolute Gasteiger partial charge is 0.497 e. The maximum absolute atomic E-state index is 12.9. The molecule has 3 amide bonds. The van der Waals surface area contributed by atoms with Gasteiger partial charge in [-0.25, -0.2) is 4.90 Å². The molecule has 0 aliphatic carbocycles. The lowest BCUT2D eigenvalue weighted by atomic mass is 10.1. The van der Waals surface area contributed by atoms with E-state index in [0.717, 1.165) is 16.2 Å². The Kier molecular flexibility index (Phi) is 5.99. The zero-order valence-electron chi connectivity index (χ0n) is 15.7. The maximum atomic E-state index is 12.9. The van der Waals surface area contributed by atoms with Crippen LogP contribution in [0, 0.1) is 0 Å². The number of rotatable bonds is 6. The van der Waals surface area contributed by atoms with Crippen LogP contribution in [-0.2, 0) is 20.8 Å². The van der Waals surface area contributed by atoms with Crippen LogP contribution in [0.25, 0.3) is 0 Å². The van der Waals surface area contributed by atoms with Crippen LogP contribution >= 0.6 is 11.6 Å². The van der Waals surface area contributed by atoms with Crippen LogP contribution in [-0.4, -0.2) is 42.3 Å². The monoisotopic (exact) mass is 400 g/mol. The third kappa shape index (κ3) is 4.17. The quantitative estimate of drug-likeness (QED) is 0.699. The number of amides is 3. The molecule has 1 atom stereocenters. The number of ether oxygens (including phenoxy) is 1. The number of imide groups is 1. The summed E-state index contributed by atoms with van der Waals surface area (Å²) in [5.74, 6) is -0.203. The van der Waals surface area contributed by atoms with E-state index in [9.17, 15) is 14.4 Å². The highest BCUT2D eigenvalue weighted by Crippen LogP contribution is 2.27. The van der Waals surface area contributed by atoms with Crippen molar-refractivity contribution in [1.82, 2.24) is 4.90 Å². The molecule has 6 nitrogen and oxygen atoms in total. The zero-order chi connectivity index (χ0) is 20.3. The van der Waals surface area contributed by atoms with Gasteiger partial charge in [0.1, 0.15) is 11.8 Å². The summed E-state index contributed by atoms with van der Waals surface area (Å²) in [6.07, 6.45) is 0.548. The number of nitrogens with zero attached hydrogens (tertiary/aromatic N) is 2. The van der Waals surface area contributed by atoms with Gasteiger partial charge in [0.15, 0.2) is 0 Å². The fourth-order valence-electron chi connectivity index (χ4n) is 3.30. The lowest BCUT2D eigenvalue weighted by Crippen LogP contribution is -2.45. The molecule has 0 spiro atoms. The Morgan fingerprint density at radius 1 is 1.14 bits per heavy atom. The van der Waals surface area contributed by atoms with Gasteiger partial charge in [0.2, 0.25) is 11.8 Å². The van der Waals surface area contributed by atoms with E-state index in [0.29, 0.717) is 23.7 Å². The molecule has 1 saturated heterocycles. The lowest BCUT2D eigenvalue weighted by Gasteiger charge is -2.26. The Morgan fingerprint density at radius 3 is 2.36 bits per heavy atom. The first-order valence-electron chi connectivity index (χ1n) is 8.93. The van der Waals surface area contributed by atoms with Crippen molar-refractivity contribution in [3.8, 4) is 5.75 Å². The SMILES string of the molecule is COc1ccc(CCN(C(C)=O)C2CC(=O)N(c3ccc(Cl)cc3)C2=O)cc1. The van der Waals surface area contributed by atoms with Gasteiger partial charge < -0.3 is 9.64 Å². The summed E-state index contributed by atoms with van der Waals surface area (Å²) in [6.45, 7) is 1.76.